The van der Waals surface area contributed by atoms with Gasteiger partial charge in [-0.1, -0.05) is 102 Å². The van der Waals surface area contributed by atoms with Crippen LogP contribution in [0.3, 0.4) is 0 Å². The van der Waals surface area contributed by atoms with Crippen molar-refractivity contribution in [2.24, 2.45) is 0 Å². The van der Waals surface area contributed by atoms with Crippen molar-refractivity contribution in [2.75, 3.05) is 19.8 Å². The average molecular weight is 987 g/mol. The van der Waals surface area contributed by atoms with E-state index in [9.17, 15) is 28.8 Å². The summed E-state index contributed by atoms with van der Waals surface area (Å²) in [5.41, 5.74) is 10.7. The zero-order valence-electron chi connectivity index (χ0n) is 43.8. The van der Waals surface area contributed by atoms with Gasteiger partial charge in [0.1, 0.15) is 17.2 Å². The van der Waals surface area contributed by atoms with Gasteiger partial charge in [-0.05, 0) is 147 Å². The lowest BCUT2D eigenvalue weighted by Gasteiger charge is -2.33. The van der Waals surface area contributed by atoms with Crippen molar-refractivity contribution >= 4 is 35.1 Å². The third kappa shape index (κ3) is 13.1. The molecule has 6 aromatic carbocycles. The van der Waals surface area contributed by atoms with E-state index < -0.39 is 11.9 Å². The largest absolute Gasteiger partial charge is 0.493 e. The van der Waals surface area contributed by atoms with Crippen LogP contribution in [0.4, 0.5) is 0 Å². The summed E-state index contributed by atoms with van der Waals surface area (Å²) in [6.07, 6.45) is 2.96. The number of ketones is 4. The predicted molar refractivity (Wildman–Crippen MR) is 283 cm³/mol. The summed E-state index contributed by atoms with van der Waals surface area (Å²) < 4.78 is 17.2. The van der Waals surface area contributed by atoms with Crippen LogP contribution in [-0.4, -0.2) is 65.1 Å². The molecular formula is C62H66O11. The van der Waals surface area contributed by atoms with Gasteiger partial charge in [-0.2, -0.15) is 0 Å². The maximum atomic E-state index is 12.9. The Bertz CT molecular complexity index is 2890. The first kappa shape index (κ1) is 54.7. The highest BCUT2D eigenvalue weighted by Crippen LogP contribution is 2.42. The Morgan fingerprint density at radius 2 is 0.699 bits per heavy atom. The third-order valence-corrected chi connectivity index (χ3v) is 13.9. The maximum absolute atomic E-state index is 12.9. The topological polar surface area (TPSA) is 171 Å². The van der Waals surface area contributed by atoms with Crippen molar-refractivity contribution in [3.05, 3.63) is 193 Å². The van der Waals surface area contributed by atoms with Gasteiger partial charge in [0.2, 0.25) is 0 Å². The summed E-state index contributed by atoms with van der Waals surface area (Å²) >= 11 is 0. The van der Waals surface area contributed by atoms with Crippen molar-refractivity contribution < 1.29 is 53.2 Å². The minimum Gasteiger partial charge on any atom is -0.493 e. The van der Waals surface area contributed by atoms with E-state index in [2.05, 4.69) is 66.7 Å². The number of benzene rings is 6. The molecule has 0 radical (unpaired) electrons. The molecule has 0 saturated heterocycles. The number of hydrogen-bond acceptors (Lipinski definition) is 9. The van der Waals surface area contributed by atoms with E-state index in [0.29, 0.717) is 46.6 Å². The van der Waals surface area contributed by atoms with Gasteiger partial charge in [-0.15, -0.1) is 0 Å². The zero-order chi connectivity index (χ0) is 53.6. The molecule has 0 aliphatic carbocycles. The number of carbonyl (C=O) groups is 6. The van der Waals surface area contributed by atoms with Crippen LogP contribution in [0.15, 0.2) is 115 Å². The molecule has 2 N–H and O–H groups in total. The molecule has 0 amide bonds. The molecule has 11 heteroatoms. The summed E-state index contributed by atoms with van der Waals surface area (Å²) in [4.78, 5) is 69.3. The molecular weight excluding hydrogens is 921 g/mol. The normalized spacial score (nSPS) is 15.0. The zero-order valence-corrected chi connectivity index (χ0v) is 43.8. The van der Waals surface area contributed by atoms with Crippen LogP contribution < -0.4 is 14.2 Å². The molecule has 3 heterocycles. The number of rotatable bonds is 8. The highest BCUT2D eigenvalue weighted by Gasteiger charge is 2.32. The van der Waals surface area contributed by atoms with Crippen LogP contribution in [0.25, 0.3) is 0 Å². The van der Waals surface area contributed by atoms with Gasteiger partial charge in [-0.3, -0.25) is 19.2 Å². The predicted octanol–water partition coefficient (Wildman–Crippen LogP) is 13.1. The Balaban J connectivity index is 0.000000166. The third-order valence-electron chi connectivity index (χ3n) is 13.9. The summed E-state index contributed by atoms with van der Waals surface area (Å²) in [6.45, 7) is 24.4. The van der Waals surface area contributed by atoms with Crippen molar-refractivity contribution in [2.45, 2.75) is 112 Å². The molecule has 0 unspecified atom stereocenters. The highest BCUT2D eigenvalue weighted by molar-refractivity contribution is 6.11. The fourth-order valence-corrected chi connectivity index (χ4v) is 8.89. The van der Waals surface area contributed by atoms with E-state index in [4.69, 9.17) is 24.4 Å². The minimum absolute atomic E-state index is 0.00198. The number of aryl methyl sites for hydroxylation is 3. The Hall–Kier alpha value is -7.66. The van der Waals surface area contributed by atoms with E-state index in [1.165, 1.54) is 61.4 Å². The van der Waals surface area contributed by atoms with Crippen LogP contribution in [0.2, 0.25) is 0 Å². The second-order valence-corrected chi connectivity index (χ2v) is 20.9. The Morgan fingerprint density at radius 3 is 1.03 bits per heavy atom. The molecule has 0 fully saturated rings. The van der Waals surface area contributed by atoms with Crippen molar-refractivity contribution in [1.82, 2.24) is 0 Å². The lowest BCUT2D eigenvalue weighted by Crippen LogP contribution is -2.27. The minimum atomic E-state index is -1.00. The van der Waals surface area contributed by atoms with Crippen LogP contribution in [0.5, 0.6) is 17.2 Å². The summed E-state index contributed by atoms with van der Waals surface area (Å²) in [7, 11) is 0. The molecule has 0 saturated carbocycles. The molecule has 9 rings (SSSR count). The van der Waals surface area contributed by atoms with Crippen LogP contribution in [-0.2, 0) is 16.2 Å². The van der Waals surface area contributed by atoms with Crippen molar-refractivity contribution in [3.63, 3.8) is 0 Å². The van der Waals surface area contributed by atoms with Crippen molar-refractivity contribution in [1.29, 1.82) is 0 Å². The van der Waals surface area contributed by atoms with Gasteiger partial charge >= 0.3 is 11.9 Å². The molecule has 0 bridgehead atoms. The van der Waals surface area contributed by atoms with Gasteiger partial charge in [0.05, 0.1) is 30.9 Å². The second-order valence-electron chi connectivity index (χ2n) is 20.9. The summed E-state index contributed by atoms with van der Waals surface area (Å²) in [5, 5.41) is 17.5. The molecule has 6 aromatic rings. The Kier molecular flexibility index (Phi) is 16.8. The molecule has 0 aromatic heterocycles. The lowest BCUT2D eigenvalue weighted by molar-refractivity contribution is 0.0686. The number of aromatic carboxylic acids is 2. The van der Waals surface area contributed by atoms with Gasteiger partial charge in [0, 0.05) is 44.5 Å². The first-order chi connectivity index (χ1) is 34.3. The van der Waals surface area contributed by atoms with E-state index in [1.807, 2.05) is 38.1 Å². The first-order valence-electron chi connectivity index (χ1n) is 24.5. The van der Waals surface area contributed by atoms with E-state index in [1.54, 1.807) is 36.4 Å². The van der Waals surface area contributed by atoms with Crippen molar-refractivity contribution in [3.8, 4) is 17.2 Å². The molecule has 73 heavy (non-hydrogen) atoms. The molecule has 0 atom stereocenters. The molecule has 11 nitrogen and oxygen atoms in total. The number of carbonyl (C=O) groups excluding carboxylic acids is 4. The second kappa shape index (κ2) is 22.4. The number of carboxylic acids is 2. The molecule has 0 spiro atoms. The van der Waals surface area contributed by atoms with Gasteiger partial charge < -0.3 is 24.4 Å². The number of carboxylic acid groups (broad SMARTS) is 2. The lowest BCUT2D eigenvalue weighted by atomic mass is 9.78. The fourth-order valence-electron chi connectivity index (χ4n) is 8.89. The Morgan fingerprint density at radius 1 is 0.397 bits per heavy atom. The molecule has 3 aliphatic heterocycles. The smallest absolute Gasteiger partial charge is 0.335 e. The van der Waals surface area contributed by atoms with E-state index in [-0.39, 0.29) is 50.5 Å². The maximum Gasteiger partial charge on any atom is 0.335 e. The number of ether oxygens (including phenoxy) is 3. The first-order valence-corrected chi connectivity index (χ1v) is 24.5. The number of fused-ring (bicyclic) bond motifs is 3. The van der Waals surface area contributed by atoms with Crippen LogP contribution in [0, 0.1) is 20.8 Å². The van der Waals surface area contributed by atoms with Crippen LogP contribution >= 0.6 is 0 Å². The van der Waals surface area contributed by atoms with Gasteiger partial charge in [0.15, 0.2) is 23.1 Å². The molecule has 380 valence electrons. The fraction of sp³-hybridized carbons (Fsp3) is 0.323. The molecule has 3 aliphatic rings. The van der Waals surface area contributed by atoms with E-state index in [0.717, 1.165) is 65.4 Å². The SMILES string of the molecule is CC(=O)c1ccc(C(=O)O)cc1.CC(=O)c1ccc(C(=O)c2cc3c(cc2C)OCCC3(C)C)cc1.Cc1cc2c(cc1C(=O)c1ccc(C(=O)O)cc1)C(C)(C)CCO2.Cc1ccc2c(c1)OCCC2(C)C. The van der Waals surface area contributed by atoms with Gasteiger partial charge in [0.25, 0.3) is 0 Å². The summed E-state index contributed by atoms with van der Waals surface area (Å²) in [5.74, 6) is 0.637. The summed E-state index contributed by atoms with van der Waals surface area (Å²) in [6, 6.07) is 33.0. The van der Waals surface area contributed by atoms with E-state index >= 15 is 0 Å². The number of hydrogen-bond donors (Lipinski definition) is 2. The monoisotopic (exact) mass is 986 g/mol. The van der Waals surface area contributed by atoms with Crippen LogP contribution in [0.1, 0.15) is 181 Å². The van der Waals surface area contributed by atoms with Gasteiger partial charge in [-0.25, -0.2) is 9.59 Å². The number of Topliss-reactive ketones (excluding diaryl/α,β-unsaturated/α-hetero) is 2. The highest BCUT2D eigenvalue weighted by atomic mass is 16.5. The average Bonchev–Trinajstić information content (AvgIpc) is 3.33. The standard InChI is InChI=1S/C21H22O3.C20H20O4.C12H16O.C9H8O3/c1-13-11-19-18(21(3,4)9-10-24-19)12-17(13)20(23)16-7-5-15(6-8-16)14(2)22;1-12-10-17-16(20(2,3)8-9-24-17)11-15(12)18(21)13-4-6-14(7-5-13)19(22)23;1-9-4-5-10-11(8-9)13-7-6-12(10,2)3;1-6(10)7-2-4-8(5-3-7)9(11)12/h5-8,11-12H,9-10H2,1-4H3;4-7,10-11H,8-9H2,1-3H3,(H,22,23);4-5,8H,6-7H2,1-3H3;2-5H,1H3,(H,11,12). The Labute approximate surface area is 428 Å². The quantitative estimate of drug-likeness (QED) is 0.139.